The Labute approximate surface area is 158 Å². The van der Waals surface area contributed by atoms with Crippen LogP contribution in [-0.4, -0.2) is 33.5 Å². The maximum atomic E-state index is 12.7. The van der Waals surface area contributed by atoms with Crippen molar-refractivity contribution in [2.45, 2.75) is 0 Å². The van der Waals surface area contributed by atoms with E-state index in [-0.39, 0.29) is 18.2 Å². The molecule has 0 radical (unpaired) electrons. The fourth-order valence-corrected chi connectivity index (χ4v) is 3.33. The van der Waals surface area contributed by atoms with E-state index < -0.39 is 0 Å². The van der Waals surface area contributed by atoms with E-state index in [1.54, 1.807) is 30.5 Å². The van der Waals surface area contributed by atoms with E-state index in [2.05, 4.69) is 15.1 Å². The summed E-state index contributed by atoms with van der Waals surface area (Å²) in [5.74, 6) is 1.77. The zero-order valence-electron chi connectivity index (χ0n) is 14.8. The number of nitrogens with one attached hydrogen (secondary N) is 1. The number of aromatic nitrogens is 4. The molecule has 0 saturated heterocycles. The van der Waals surface area contributed by atoms with E-state index in [9.17, 15) is 4.79 Å². The van der Waals surface area contributed by atoms with Crippen LogP contribution in [0.5, 0.6) is 17.2 Å². The number of nitrogen functional groups attached to an aromatic ring is 1. The molecule has 4 aromatic rings. The summed E-state index contributed by atoms with van der Waals surface area (Å²) in [7, 11) is 1.54. The van der Waals surface area contributed by atoms with E-state index >= 15 is 0 Å². The largest absolute Gasteiger partial charge is 0.492 e. The molecule has 0 saturated carbocycles. The van der Waals surface area contributed by atoms with Crippen molar-refractivity contribution in [2.24, 2.45) is 0 Å². The van der Waals surface area contributed by atoms with Gasteiger partial charge in [0.15, 0.2) is 17.3 Å². The predicted molar refractivity (Wildman–Crippen MR) is 102 cm³/mol. The Balaban J connectivity index is 1.78. The molecule has 9 heteroatoms. The van der Waals surface area contributed by atoms with Crippen molar-refractivity contribution >= 4 is 11.5 Å². The third kappa shape index (κ3) is 2.29. The Morgan fingerprint density at radius 3 is 2.93 bits per heavy atom. The van der Waals surface area contributed by atoms with Crippen LogP contribution in [0.1, 0.15) is 0 Å². The molecule has 0 unspecified atom stereocenters. The van der Waals surface area contributed by atoms with Gasteiger partial charge in [0.25, 0.3) is 5.56 Å². The Morgan fingerprint density at radius 2 is 2.14 bits per heavy atom. The van der Waals surface area contributed by atoms with Crippen LogP contribution in [0.2, 0.25) is 0 Å². The van der Waals surface area contributed by atoms with Gasteiger partial charge in [-0.2, -0.15) is 4.52 Å². The van der Waals surface area contributed by atoms with E-state index in [0.29, 0.717) is 45.4 Å². The second kappa shape index (κ2) is 6.02. The Morgan fingerprint density at radius 1 is 1.25 bits per heavy atom. The van der Waals surface area contributed by atoms with Crippen molar-refractivity contribution in [3.63, 3.8) is 0 Å². The number of pyridine rings is 1. The van der Waals surface area contributed by atoms with Crippen molar-refractivity contribution in [1.82, 2.24) is 19.6 Å². The monoisotopic (exact) mass is 377 g/mol. The van der Waals surface area contributed by atoms with E-state index in [1.807, 2.05) is 6.07 Å². The average molecular weight is 377 g/mol. The zero-order chi connectivity index (χ0) is 19.3. The Hall–Kier alpha value is -4.01. The van der Waals surface area contributed by atoms with Crippen molar-refractivity contribution in [1.29, 1.82) is 0 Å². The van der Waals surface area contributed by atoms with Crippen molar-refractivity contribution in [3.8, 4) is 39.8 Å². The van der Waals surface area contributed by atoms with Gasteiger partial charge in [-0.1, -0.05) is 6.07 Å². The fraction of sp³-hybridized carbons (Fsp3) is 0.105. The van der Waals surface area contributed by atoms with Gasteiger partial charge in [-0.3, -0.25) is 9.78 Å². The summed E-state index contributed by atoms with van der Waals surface area (Å²) in [6.07, 6.45) is 1.65. The van der Waals surface area contributed by atoms with Gasteiger partial charge in [0, 0.05) is 17.8 Å². The average Bonchev–Trinajstić information content (AvgIpc) is 3.31. The normalized spacial score (nSPS) is 12.5. The lowest BCUT2D eigenvalue weighted by atomic mass is 10.1. The van der Waals surface area contributed by atoms with Gasteiger partial charge in [0.05, 0.1) is 24.1 Å². The highest BCUT2D eigenvalue weighted by atomic mass is 16.7. The molecule has 0 fully saturated rings. The minimum atomic E-state index is -0.336. The summed E-state index contributed by atoms with van der Waals surface area (Å²) in [6.45, 7) is 0.119. The quantitative estimate of drug-likeness (QED) is 0.561. The maximum absolute atomic E-state index is 12.7. The SMILES string of the molecule is COc1c(-c2cc(=O)n3nc(N)c(-c4ccccn4)c3[nH]2)ccc2c1OCO2. The first-order chi connectivity index (χ1) is 13.7. The molecule has 1 aliphatic heterocycles. The van der Waals surface area contributed by atoms with Crippen LogP contribution in [0.4, 0.5) is 5.82 Å². The van der Waals surface area contributed by atoms with Gasteiger partial charge in [-0.05, 0) is 24.3 Å². The maximum Gasteiger partial charge on any atom is 0.274 e. The van der Waals surface area contributed by atoms with Crippen LogP contribution < -0.4 is 25.5 Å². The van der Waals surface area contributed by atoms with Crippen molar-refractivity contribution < 1.29 is 14.2 Å². The number of aromatic amines is 1. The first-order valence-electron chi connectivity index (χ1n) is 8.47. The molecular formula is C19H15N5O4. The standard InChI is InChI=1S/C19H15N5O4/c1-26-16-10(5-6-13-17(16)28-9-27-13)12-8-14(25)24-19(22-12)15(18(20)23-24)11-4-2-3-7-21-11/h2-8,22H,9H2,1H3,(H2,20,23). The molecule has 0 bridgehead atoms. The van der Waals surface area contributed by atoms with Gasteiger partial charge in [-0.25, -0.2) is 0 Å². The molecule has 0 atom stereocenters. The summed E-state index contributed by atoms with van der Waals surface area (Å²) >= 11 is 0. The summed E-state index contributed by atoms with van der Waals surface area (Å²) in [4.78, 5) is 20.3. The third-order valence-corrected chi connectivity index (χ3v) is 4.55. The molecular weight excluding hydrogens is 362 g/mol. The Kier molecular flexibility index (Phi) is 3.48. The topological polar surface area (TPSA) is 117 Å². The lowest BCUT2D eigenvalue weighted by Crippen LogP contribution is -2.14. The molecule has 5 rings (SSSR count). The van der Waals surface area contributed by atoms with Gasteiger partial charge in [0.2, 0.25) is 12.5 Å². The number of benzene rings is 1. The van der Waals surface area contributed by atoms with Gasteiger partial charge >= 0.3 is 0 Å². The second-order valence-corrected chi connectivity index (χ2v) is 6.14. The van der Waals surface area contributed by atoms with Crippen molar-refractivity contribution in [2.75, 3.05) is 19.6 Å². The van der Waals surface area contributed by atoms with Gasteiger partial charge < -0.3 is 24.9 Å². The minimum absolute atomic E-state index is 0.119. The number of nitrogens with two attached hydrogens (primary N) is 1. The van der Waals surface area contributed by atoms with E-state index in [0.717, 1.165) is 0 Å². The predicted octanol–water partition coefficient (Wildman–Crippen LogP) is 2.07. The summed E-state index contributed by atoms with van der Waals surface area (Å²) in [5.41, 5.74) is 8.54. The fourth-order valence-electron chi connectivity index (χ4n) is 3.33. The number of rotatable bonds is 3. The van der Waals surface area contributed by atoms with Crippen LogP contribution in [0.15, 0.2) is 47.4 Å². The number of ether oxygens (including phenoxy) is 3. The summed E-state index contributed by atoms with van der Waals surface area (Å²) < 4.78 is 17.7. The van der Waals surface area contributed by atoms with Crippen LogP contribution in [-0.2, 0) is 0 Å². The molecule has 3 aromatic heterocycles. The molecule has 28 heavy (non-hydrogen) atoms. The van der Waals surface area contributed by atoms with Crippen molar-refractivity contribution in [3.05, 3.63) is 52.9 Å². The number of hydrogen-bond donors (Lipinski definition) is 2. The summed E-state index contributed by atoms with van der Waals surface area (Å²) in [6, 6.07) is 10.5. The number of anilines is 1. The highest BCUT2D eigenvalue weighted by Gasteiger charge is 2.24. The van der Waals surface area contributed by atoms with Crippen LogP contribution >= 0.6 is 0 Å². The number of nitrogens with zero attached hydrogens (tertiary/aromatic N) is 3. The molecule has 0 amide bonds. The van der Waals surface area contributed by atoms with Crippen LogP contribution in [0, 0.1) is 0 Å². The number of methoxy groups -OCH3 is 1. The van der Waals surface area contributed by atoms with Crippen LogP contribution in [0.25, 0.3) is 28.2 Å². The molecule has 4 heterocycles. The second-order valence-electron chi connectivity index (χ2n) is 6.14. The molecule has 1 aliphatic rings. The minimum Gasteiger partial charge on any atom is -0.492 e. The van der Waals surface area contributed by atoms with Gasteiger partial charge in [-0.15, -0.1) is 5.10 Å². The van der Waals surface area contributed by atoms with Crippen LogP contribution in [0.3, 0.4) is 0 Å². The third-order valence-electron chi connectivity index (χ3n) is 4.55. The van der Waals surface area contributed by atoms with E-state index in [4.69, 9.17) is 19.9 Å². The van der Waals surface area contributed by atoms with Gasteiger partial charge in [0.1, 0.15) is 5.65 Å². The highest BCUT2D eigenvalue weighted by molar-refractivity contribution is 5.86. The smallest absolute Gasteiger partial charge is 0.274 e. The molecule has 3 N–H and O–H groups in total. The lowest BCUT2D eigenvalue weighted by Gasteiger charge is -2.11. The zero-order valence-corrected chi connectivity index (χ0v) is 14.8. The number of fused-ring (bicyclic) bond motifs is 2. The molecule has 9 nitrogen and oxygen atoms in total. The molecule has 140 valence electrons. The first-order valence-corrected chi connectivity index (χ1v) is 8.47. The molecule has 0 aliphatic carbocycles. The Bertz CT molecular complexity index is 1260. The molecule has 1 aromatic carbocycles. The first kappa shape index (κ1) is 16.2. The number of hydrogen-bond acceptors (Lipinski definition) is 7. The highest BCUT2D eigenvalue weighted by Crippen LogP contribution is 2.46. The lowest BCUT2D eigenvalue weighted by molar-refractivity contribution is 0.171. The summed E-state index contributed by atoms with van der Waals surface area (Å²) in [5, 5.41) is 4.16. The molecule has 0 spiro atoms. The number of H-pyrrole nitrogens is 1. The van der Waals surface area contributed by atoms with E-state index in [1.165, 1.54) is 17.7 Å².